The van der Waals surface area contributed by atoms with Gasteiger partial charge in [0.2, 0.25) is 5.91 Å². The Balaban J connectivity index is 1.46. The zero-order valence-corrected chi connectivity index (χ0v) is 33.4. The predicted molar refractivity (Wildman–Crippen MR) is 209 cm³/mol. The molecule has 3 aromatic rings. The monoisotopic (exact) mass is 750 g/mol. The van der Waals surface area contributed by atoms with Crippen LogP contribution in [0, 0.1) is 0 Å². The lowest BCUT2D eigenvalue weighted by atomic mass is 9.88. The van der Waals surface area contributed by atoms with Crippen LogP contribution < -0.4 is 21.7 Å². The van der Waals surface area contributed by atoms with Crippen LogP contribution in [0.4, 0.5) is 4.79 Å². The molecule has 3 heterocycles. The van der Waals surface area contributed by atoms with Crippen molar-refractivity contribution in [2.75, 3.05) is 26.2 Å². The number of nitrogens with one attached hydrogen (secondary N) is 5. The van der Waals surface area contributed by atoms with Gasteiger partial charge in [0, 0.05) is 61.1 Å². The van der Waals surface area contributed by atoms with E-state index < -0.39 is 34.7 Å². The van der Waals surface area contributed by atoms with E-state index in [0.717, 1.165) is 35.7 Å². The summed E-state index contributed by atoms with van der Waals surface area (Å²) < 4.78 is 11.0. The maximum Gasteiger partial charge on any atom is 0.329 e. The van der Waals surface area contributed by atoms with Gasteiger partial charge in [-0.15, -0.1) is 0 Å². The number of para-hydroxylation sites is 1. The molecule has 1 saturated heterocycles. The molecule has 3 amide bonds. The second-order valence-corrected chi connectivity index (χ2v) is 16.8. The van der Waals surface area contributed by atoms with Crippen LogP contribution in [-0.2, 0) is 35.7 Å². The van der Waals surface area contributed by atoms with E-state index in [-0.39, 0.29) is 30.4 Å². The van der Waals surface area contributed by atoms with Gasteiger partial charge in [0.25, 0.3) is 0 Å². The van der Waals surface area contributed by atoms with Gasteiger partial charge in [-0.2, -0.15) is 0 Å². The smallest absolute Gasteiger partial charge is 0.329 e. The summed E-state index contributed by atoms with van der Waals surface area (Å²) >= 11 is 0. The topological polar surface area (TPSA) is 197 Å². The lowest BCUT2D eigenvalue weighted by molar-refractivity contribution is -0.159. The van der Waals surface area contributed by atoms with Crippen molar-refractivity contribution in [1.82, 2.24) is 35.8 Å². The first-order valence-electron chi connectivity index (χ1n) is 19.2. The lowest BCUT2D eigenvalue weighted by Gasteiger charge is -2.33. The molecule has 0 aliphatic carbocycles. The van der Waals surface area contributed by atoms with Crippen molar-refractivity contribution in [1.29, 1.82) is 0 Å². The van der Waals surface area contributed by atoms with Crippen LogP contribution in [0.25, 0.3) is 10.9 Å². The first kappa shape index (κ1) is 42.3. The fraction of sp³-hybridized carbons (Fsp3) is 0.625. The van der Waals surface area contributed by atoms with Gasteiger partial charge in [0.1, 0.15) is 23.1 Å². The van der Waals surface area contributed by atoms with Crippen LogP contribution in [0.3, 0.4) is 0 Å². The predicted octanol–water partition coefficient (Wildman–Crippen LogP) is 4.90. The number of ether oxygens (including phenoxy) is 2. The van der Waals surface area contributed by atoms with E-state index in [4.69, 9.17) is 20.2 Å². The molecular weight excluding hydrogens is 688 g/mol. The number of benzene rings is 1. The maximum atomic E-state index is 13.8. The normalized spacial score (nSPS) is 15.5. The number of H-pyrrole nitrogens is 2. The van der Waals surface area contributed by atoms with Crippen molar-refractivity contribution in [2.24, 2.45) is 5.73 Å². The number of hydrogen-bond acceptors (Lipinski definition) is 9. The van der Waals surface area contributed by atoms with Crippen LogP contribution in [-0.4, -0.2) is 93.2 Å². The molecule has 14 nitrogen and oxygen atoms in total. The summed E-state index contributed by atoms with van der Waals surface area (Å²) in [6.07, 6.45) is 7.58. The number of rotatable bonds is 16. The van der Waals surface area contributed by atoms with E-state index in [9.17, 15) is 19.2 Å². The summed E-state index contributed by atoms with van der Waals surface area (Å²) in [6, 6.07) is 6.60. The molecular formula is C40H62N8O6. The van der Waals surface area contributed by atoms with E-state index in [1.807, 2.05) is 51.2 Å². The third-order valence-corrected chi connectivity index (χ3v) is 9.47. The maximum absolute atomic E-state index is 13.8. The van der Waals surface area contributed by atoms with Gasteiger partial charge in [-0.05, 0) is 106 Å². The number of carbonyl (C=O) groups is 4. The van der Waals surface area contributed by atoms with Crippen molar-refractivity contribution in [3.63, 3.8) is 0 Å². The fourth-order valence-corrected chi connectivity index (χ4v) is 6.44. The van der Waals surface area contributed by atoms with Crippen LogP contribution in [0.15, 0.2) is 36.7 Å². The zero-order chi connectivity index (χ0) is 39.7. The number of nitrogens with zero attached hydrogens (tertiary/aromatic N) is 2. The van der Waals surface area contributed by atoms with E-state index in [1.54, 1.807) is 45.7 Å². The number of aromatic nitrogens is 3. The highest BCUT2D eigenvalue weighted by Gasteiger charge is 2.37. The minimum absolute atomic E-state index is 0.190. The molecule has 1 aromatic carbocycles. The number of nitrogens with two attached hydrogens (primary N) is 1. The van der Waals surface area contributed by atoms with Crippen molar-refractivity contribution < 1.29 is 28.7 Å². The SMILES string of the molecule is CC(C)(C)OC(=O)CCNC1CCN(C(=O)N[C@H](Cc2c[nH]c3ccccc23)c2ncc(C(C)(C)C(=O)N[C@H](CCCCN)C(=O)OC(C)(C)C)[nH]2)CC1. The number of carbonyl (C=O) groups excluding carboxylic acids is 4. The largest absolute Gasteiger partial charge is 0.460 e. The highest BCUT2D eigenvalue weighted by molar-refractivity contribution is 5.91. The highest BCUT2D eigenvalue weighted by atomic mass is 16.6. The Labute approximate surface area is 319 Å². The molecule has 298 valence electrons. The average Bonchev–Trinajstić information content (AvgIpc) is 3.75. The Morgan fingerprint density at radius 2 is 1.65 bits per heavy atom. The number of esters is 2. The molecule has 2 aromatic heterocycles. The van der Waals surface area contributed by atoms with E-state index in [2.05, 4.69) is 25.9 Å². The third-order valence-electron chi connectivity index (χ3n) is 9.47. The van der Waals surface area contributed by atoms with Crippen LogP contribution >= 0.6 is 0 Å². The second kappa shape index (κ2) is 18.3. The molecule has 0 unspecified atom stereocenters. The quantitative estimate of drug-likeness (QED) is 0.0872. The van der Waals surface area contributed by atoms with Gasteiger partial charge in [-0.25, -0.2) is 14.6 Å². The number of imidazole rings is 1. The number of urea groups is 1. The summed E-state index contributed by atoms with van der Waals surface area (Å²) in [5.41, 5.74) is 5.91. The van der Waals surface area contributed by atoms with Crippen molar-refractivity contribution in [2.45, 2.75) is 135 Å². The van der Waals surface area contributed by atoms with E-state index >= 15 is 0 Å². The Kier molecular flexibility index (Phi) is 14.3. The van der Waals surface area contributed by atoms with Gasteiger partial charge in [0.05, 0.1) is 17.9 Å². The minimum atomic E-state index is -1.10. The first-order chi connectivity index (χ1) is 25.4. The van der Waals surface area contributed by atoms with Gasteiger partial charge in [-0.3, -0.25) is 9.59 Å². The molecule has 0 spiro atoms. The number of hydrogen-bond donors (Lipinski definition) is 6. The number of aromatic amines is 2. The molecule has 7 N–H and O–H groups in total. The van der Waals surface area contributed by atoms with Gasteiger partial charge in [0.15, 0.2) is 0 Å². The molecule has 0 bridgehead atoms. The molecule has 2 atom stereocenters. The van der Waals surface area contributed by atoms with Gasteiger partial charge in [-0.1, -0.05) is 18.2 Å². The fourth-order valence-electron chi connectivity index (χ4n) is 6.44. The average molecular weight is 751 g/mol. The number of amides is 3. The van der Waals surface area contributed by atoms with Crippen molar-refractivity contribution in [3.8, 4) is 0 Å². The summed E-state index contributed by atoms with van der Waals surface area (Å²) in [6.45, 7) is 16.6. The summed E-state index contributed by atoms with van der Waals surface area (Å²) in [5.74, 6) is -0.575. The molecule has 14 heteroatoms. The Morgan fingerprint density at radius 1 is 0.963 bits per heavy atom. The summed E-state index contributed by atoms with van der Waals surface area (Å²) in [4.78, 5) is 66.0. The number of likely N-dealkylation sites (tertiary alicyclic amines) is 1. The number of piperidine rings is 1. The van der Waals surface area contributed by atoms with Crippen LogP contribution in [0.1, 0.15) is 117 Å². The lowest BCUT2D eigenvalue weighted by Crippen LogP contribution is -2.50. The van der Waals surface area contributed by atoms with E-state index in [1.165, 1.54) is 0 Å². The standard InChI is InChI=1S/C40H62N8O6/c1-38(2,3)53-33(49)16-20-42-27-17-21-48(22-18-27)37(52)46-31(23-26-24-43-29-14-10-9-13-28(26)29)34-44-25-32(47-34)40(7,8)36(51)45-30(15-11-12-19-41)35(50)54-39(4,5)6/h9-10,13-14,24-25,27,30-31,42-43H,11-12,15-23,41H2,1-8H3,(H,44,47)(H,45,51)(H,46,52)/t30-,31-/m1/s1. The molecule has 1 aliphatic heterocycles. The Bertz CT molecular complexity index is 1710. The Morgan fingerprint density at radius 3 is 2.31 bits per heavy atom. The molecule has 4 rings (SSSR count). The number of fused-ring (bicyclic) bond motifs is 1. The molecule has 1 aliphatic rings. The Hall–Kier alpha value is -4.43. The van der Waals surface area contributed by atoms with Gasteiger partial charge >= 0.3 is 18.0 Å². The number of unbranched alkanes of at least 4 members (excludes halogenated alkanes) is 1. The molecule has 0 radical (unpaired) electrons. The molecule has 54 heavy (non-hydrogen) atoms. The van der Waals surface area contributed by atoms with E-state index in [0.29, 0.717) is 57.0 Å². The zero-order valence-electron chi connectivity index (χ0n) is 33.4. The van der Waals surface area contributed by atoms with Crippen LogP contribution in [0.2, 0.25) is 0 Å². The second-order valence-electron chi connectivity index (χ2n) is 16.8. The summed E-state index contributed by atoms with van der Waals surface area (Å²) in [7, 11) is 0. The molecule has 0 saturated carbocycles. The molecule has 1 fully saturated rings. The highest BCUT2D eigenvalue weighted by Crippen LogP contribution is 2.28. The minimum Gasteiger partial charge on any atom is -0.460 e. The third kappa shape index (κ3) is 12.3. The van der Waals surface area contributed by atoms with Crippen molar-refractivity contribution >= 4 is 34.8 Å². The first-order valence-corrected chi connectivity index (χ1v) is 19.2. The van der Waals surface area contributed by atoms with Crippen molar-refractivity contribution in [3.05, 3.63) is 53.7 Å². The summed E-state index contributed by atoms with van der Waals surface area (Å²) in [5, 5.41) is 10.6. The van der Waals surface area contributed by atoms with Gasteiger partial charge < -0.3 is 46.0 Å². The van der Waals surface area contributed by atoms with Crippen LogP contribution in [0.5, 0.6) is 0 Å².